The van der Waals surface area contributed by atoms with E-state index in [9.17, 15) is 27.6 Å². The van der Waals surface area contributed by atoms with Crippen molar-refractivity contribution < 1.29 is 27.6 Å². The molecule has 27 heavy (non-hydrogen) atoms. The zero-order valence-electron chi connectivity index (χ0n) is 14.0. The van der Waals surface area contributed by atoms with Crippen LogP contribution in [-0.2, 0) is 15.8 Å². The van der Waals surface area contributed by atoms with E-state index in [1.165, 1.54) is 37.3 Å². The van der Waals surface area contributed by atoms with Crippen molar-refractivity contribution in [1.29, 1.82) is 0 Å². The molecular weight excluding hydrogens is 385 g/mol. The fraction of sp³-hybridized carbons (Fsp3) is 0.167. The number of amides is 2. The molecule has 2 rings (SSSR count). The summed E-state index contributed by atoms with van der Waals surface area (Å²) in [5.41, 5.74) is -0.370. The number of carbonyl (C=O) groups excluding carboxylic acids is 3. The van der Waals surface area contributed by atoms with Gasteiger partial charge in [-0.2, -0.15) is 13.2 Å². The lowest BCUT2D eigenvalue weighted by Gasteiger charge is -2.12. The van der Waals surface area contributed by atoms with Crippen molar-refractivity contribution in [1.82, 2.24) is 0 Å². The van der Waals surface area contributed by atoms with Gasteiger partial charge in [0.1, 0.15) is 6.42 Å². The first-order valence-corrected chi connectivity index (χ1v) is 8.01. The van der Waals surface area contributed by atoms with Gasteiger partial charge < -0.3 is 10.6 Å². The lowest BCUT2D eigenvalue weighted by molar-refractivity contribution is -0.137. The van der Waals surface area contributed by atoms with Crippen LogP contribution in [0.3, 0.4) is 0 Å². The number of hydrogen-bond donors (Lipinski definition) is 2. The lowest BCUT2D eigenvalue weighted by atomic mass is 10.1. The van der Waals surface area contributed by atoms with Gasteiger partial charge in [0.15, 0.2) is 5.78 Å². The van der Waals surface area contributed by atoms with E-state index in [1.807, 2.05) is 0 Å². The molecule has 2 amide bonds. The van der Waals surface area contributed by atoms with E-state index in [0.29, 0.717) is 17.3 Å². The van der Waals surface area contributed by atoms with Crippen LogP contribution >= 0.6 is 11.6 Å². The highest BCUT2D eigenvalue weighted by atomic mass is 35.5. The first-order valence-electron chi connectivity index (χ1n) is 7.63. The highest BCUT2D eigenvalue weighted by Gasteiger charge is 2.33. The first kappa shape index (κ1) is 20.4. The van der Waals surface area contributed by atoms with Gasteiger partial charge in [-0.15, -0.1) is 0 Å². The van der Waals surface area contributed by atoms with Crippen molar-refractivity contribution in [3.05, 3.63) is 58.6 Å². The molecule has 0 saturated heterocycles. The van der Waals surface area contributed by atoms with E-state index in [4.69, 9.17) is 11.6 Å². The Hall–Kier alpha value is -2.87. The third kappa shape index (κ3) is 5.82. The van der Waals surface area contributed by atoms with E-state index in [1.54, 1.807) is 0 Å². The minimum absolute atomic E-state index is 0.129. The molecule has 0 radical (unpaired) electrons. The quantitative estimate of drug-likeness (QED) is 0.574. The predicted octanol–water partition coefficient (Wildman–Crippen LogP) is 4.53. The van der Waals surface area contributed by atoms with Gasteiger partial charge in [0.25, 0.3) is 0 Å². The summed E-state index contributed by atoms with van der Waals surface area (Å²) in [5, 5.41) is 4.18. The lowest BCUT2D eigenvalue weighted by Crippen LogP contribution is -2.21. The Kier molecular flexibility index (Phi) is 6.22. The Balaban J connectivity index is 1.97. The maximum absolute atomic E-state index is 12.8. The van der Waals surface area contributed by atoms with E-state index < -0.39 is 35.0 Å². The van der Waals surface area contributed by atoms with E-state index in [0.717, 1.165) is 6.07 Å². The molecule has 0 unspecified atom stereocenters. The van der Waals surface area contributed by atoms with Crippen molar-refractivity contribution in [2.24, 2.45) is 0 Å². The van der Waals surface area contributed by atoms with Crippen molar-refractivity contribution >= 4 is 40.6 Å². The fourth-order valence-corrected chi connectivity index (χ4v) is 2.39. The molecule has 2 aromatic rings. The van der Waals surface area contributed by atoms with Gasteiger partial charge in [0.05, 0.1) is 10.6 Å². The number of hydrogen-bond acceptors (Lipinski definition) is 3. The molecule has 0 aliphatic heterocycles. The average Bonchev–Trinajstić information content (AvgIpc) is 2.55. The number of Topliss-reactive ketones (excluding diaryl/α,β-unsaturated/α-hetero) is 1. The highest BCUT2D eigenvalue weighted by Crippen LogP contribution is 2.36. The van der Waals surface area contributed by atoms with Crippen LogP contribution in [0, 0.1) is 0 Å². The smallest absolute Gasteiger partial charge is 0.326 e. The molecule has 0 aromatic heterocycles. The maximum Gasteiger partial charge on any atom is 0.417 e. The summed E-state index contributed by atoms with van der Waals surface area (Å²) < 4.78 is 38.4. The fourth-order valence-electron chi connectivity index (χ4n) is 2.16. The number of benzene rings is 2. The number of ketones is 1. The SMILES string of the molecule is CC(=O)c1ccc(NC(=O)CC(=O)Nc2ccc(Cl)c(C(F)(F)F)c2)cc1. The zero-order valence-corrected chi connectivity index (χ0v) is 14.7. The Morgan fingerprint density at radius 2 is 1.44 bits per heavy atom. The van der Waals surface area contributed by atoms with Gasteiger partial charge in [-0.3, -0.25) is 14.4 Å². The van der Waals surface area contributed by atoms with Crippen LogP contribution in [-0.4, -0.2) is 17.6 Å². The minimum atomic E-state index is -4.67. The third-order valence-electron chi connectivity index (χ3n) is 3.45. The number of halogens is 4. The van der Waals surface area contributed by atoms with E-state index >= 15 is 0 Å². The molecule has 0 bridgehead atoms. The number of anilines is 2. The molecule has 0 saturated carbocycles. The molecule has 0 aliphatic carbocycles. The molecule has 0 fully saturated rings. The van der Waals surface area contributed by atoms with Crippen LogP contribution in [0.1, 0.15) is 29.3 Å². The monoisotopic (exact) mass is 398 g/mol. The van der Waals surface area contributed by atoms with Crippen LogP contribution in [0.5, 0.6) is 0 Å². The van der Waals surface area contributed by atoms with Gasteiger partial charge in [0, 0.05) is 16.9 Å². The first-order chi connectivity index (χ1) is 12.6. The zero-order chi connectivity index (χ0) is 20.2. The van der Waals surface area contributed by atoms with E-state index in [2.05, 4.69) is 10.6 Å². The predicted molar refractivity (Wildman–Crippen MR) is 94.8 cm³/mol. The summed E-state index contributed by atoms with van der Waals surface area (Å²) in [5.74, 6) is -1.58. The Morgan fingerprint density at radius 3 is 1.96 bits per heavy atom. The van der Waals surface area contributed by atoms with Crippen molar-refractivity contribution in [3.8, 4) is 0 Å². The summed E-state index contributed by atoms with van der Waals surface area (Å²) in [7, 11) is 0. The minimum Gasteiger partial charge on any atom is -0.326 e. The number of nitrogens with one attached hydrogen (secondary N) is 2. The van der Waals surface area contributed by atoms with Crippen LogP contribution in [0.15, 0.2) is 42.5 Å². The second-order valence-corrected chi connectivity index (χ2v) is 6.01. The standard InChI is InChI=1S/C18H14ClF3N2O3/c1-10(25)11-2-4-12(5-3-11)23-16(26)9-17(27)24-13-6-7-15(19)14(8-13)18(20,21)22/h2-8H,9H2,1H3,(H,23,26)(H,24,27). The second kappa shape index (κ2) is 8.22. The Labute approximate surface area is 157 Å². The number of carbonyl (C=O) groups is 3. The Bertz CT molecular complexity index is 880. The summed E-state index contributed by atoms with van der Waals surface area (Å²) in [4.78, 5) is 34.9. The van der Waals surface area contributed by atoms with Crippen LogP contribution in [0.25, 0.3) is 0 Å². The molecule has 0 atom stereocenters. The normalized spacial score (nSPS) is 11.0. The van der Waals surface area contributed by atoms with Crippen LogP contribution in [0.2, 0.25) is 5.02 Å². The second-order valence-electron chi connectivity index (χ2n) is 5.60. The molecular formula is C18H14ClF3N2O3. The van der Waals surface area contributed by atoms with Crippen molar-refractivity contribution in [2.75, 3.05) is 10.6 Å². The topological polar surface area (TPSA) is 75.3 Å². The van der Waals surface area contributed by atoms with Gasteiger partial charge in [-0.05, 0) is 49.4 Å². The maximum atomic E-state index is 12.8. The summed E-state index contributed by atoms with van der Waals surface area (Å²) in [6.07, 6.45) is -5.26. The van der Waals surface area contributed by atoms with Crippen LogP contribution in [0.4, 0.5) is 24.5 Å². The largest absolute Gasteiger partial charge is 0.417 e. The molecule has 9 heteroatoms. The molecule has 142 valence electrons. The molecule has 2 aromatic carbocycles. The molecule has 0 spiro atoms. The summed E-state index contributed by atoms with van der Waals surface area (Å²) in [6, 6.07) is 8.95. The Morgan fingerprint density at radius 1 is 0.926 bits per heavy atom. The molecule has 5 nitrogen and oxygen atoms in total. The van der Waals surface area contributed by atoms with Crippen molar-refractivity contribution in [3.63, 3.8) is 0 Å². The van der Waals surface area contributed by atoms with Gasteiger partial charge in [-0.1, -0.05) is 11.6 Å². The molecule has 0 aliphatic rings. The third-order valence-corrected chi connectivity index (χ3v) is 3.78. The van der Waals surface area contributed by atoms with Gasteiger partial charge in [-0.25, -0.2) is 0 Å². The molecule has 2 N–H and O–H groups in total. The number of alkyl halides is 3. The van der Waals surface area contributed by atoms with Gasteiger partial charge in [0.2, 0.25) is 11.8 Å². The summed E-state index contributed by atoms with van der Waals surface area (Å²) >= 11 is 5.50. The number of rotatable bonds is 5. The van der Waals surface area contributed by atoms with Gasteiger partial charge >= 0.3 is 6.18 Å². The van der Waals surface area contributed by atoms with E-state index in [-0.39, 0.29) is 11.5 Å². The molecule has 0 heterocycles. The average molecular weight is 399 g/mol. The van der Waals surface area contributed by atoms with Crippen molar-refractivity contribution in [2.45, 2.75) is 19.5 Å². The highest BCUT2D eigenvalue weighted by molar-refractivity contribution is 6.31. The van der Waals surface area contributed by atoms with Crippen LogP contribution < -0.4 is 10.6 Å². The summed E-state index contributed by atoms with van der Waals surface area (Å²) in [6.45, 7) is 1.40.